The van der Waals surface area contributed by atoms with E-state index in [1.807, 2.05) is 5.38 Å². The van der Waals surface area contributed by atoms with Crippen LogP contribution >= 0.6 is 11.3 Å². The number of thiazole rings is 1. The van der Waals surface area contributed by atoms with E-state index >= 15 is 0 Å². The second-order valence-electron chi connectivity index (χ2n) is 4.82. The van der Waals surface area contributed by atoms with E-state index in [0.717, 1.165) is 23.5 Å². The molecule has 0 aromatic carbocycles. The average Bonchev–Trinajstić information content (AvgIpc) is 2.77. The maximum Gasteiger partial charge on any atom is 0.303 e. The van der Waals surface area contributed by atoms with E-state index in [0.29, 0.717) is 19.3 Å². The molecular weight excluding hydrogens is 286 g/mol. The number of carboxylic acid groups (broad SMARTS) is 1. The van der Waals surface area contributed by atoms with E-state index in [1.54, 1.807) is 0 Å². The van der Waals surface area contributed by atoms with Gasteiger partial charge >= 0.3 is 5.97 Å². The molecule has 1 aliphatic rings. The summed E-state index contributed by atoms with van der Waals surface area (Å²) in [6.07, 6.45) is 3.38. The molecule has 0 amide bonds. The number of hydrogen-bond acceptors (Lipinski definition) is 5. The van der Waals surface area contributed by atoms with Crippen molar-refractivity contribution in [2.24, 2.45) is 0 Å². The van der Waals surface area contributed by atoms with Crippen LogP contribution in [0.3, 0.4) is 0 Å². The third-order valence-corrected chi connectivity index (χ3v) is 6.51. The molecule has 1 N–H and O–H groups in total. The first-order valence-electron chi connectivity index (χ1n) is 6.34. The van der Waals surface area contributed by atoms with Gasteiger partial charge in [0.25, 0.3) is 0 Å². The largest absolute Gasteiger partial charge is 0.481 e. The van der Waals surface area contributed by atoms with Gasteiger partial charge in [-0.3, -0.25) is 4.79 Å². The lowest BCUT2D eigenvalue weighted by atomic mass is 10.1. The molecule has 0 radical (unpaired) electrons. The molecule has 1 fully saturated rings. The van der Waals surface area contributed by atoms with Crippen molar-refractivity contribution in [1.82, 2.24) is 4.98 Å². The molecule has 1 aliphatic heterocycles. The number of carbonyl (C=O) groups is 1. The maximum atomic E-state index is 11.9. The Morgan fingerprint density at radius 3 is 2.95 bits per heavy atom. The van der Waals surface area contributed by atoms with Gasteiger partial charge in [-0.15, -0.1) is 11.3 Å². The zero-order valence-electron chi connectivity index (χ0n) is 10.5. The Labute approximate surface area is 116 Å². The summed E-state index contributed by atoms with van der Waals surface area (Å²) in [5, 5.41) is 10.9. The van der Waals surface area contributed by atoms with Gasteiger partial charge in [-0.1, -0.05) is 6.42 Å². The van der Waals surface area contributed by atoms with Crippen molar-refractivity contribution in [1.29, 1.82) is 0 Å². The highest BCUT2D eigenvalue weighted by molar-refractivity contribution is 7.92. The monoisotopic (exact) mass is 303 g/mol. The lowest BCUT2D eigenvalue weighted by molar-refractivity contribution is -0.136. The van der Waals surface area contributed by atoms with Crippen molar-refractivity contribution >= 4 is 27.1 Å². The first kappa shape index (κ1) is 14.5. The van der Waals surface area contributed by atoms with Crippen LogP contribution in [-0.2, 0) is 27.5 Å². The zero-order valence-corrected chi connectivity index (χ0v) is 12.2. The van der Waals surface area contributed by atoms with Crippen LogP contribution in [0.15, 0.2) is 5.38 Å². The van der Waals surface area contributed by atoms with Gasteiger partial charge in [0.15, 0.2) is 9.84 Å². The predicted molar refractivity (Wildman–Crippen MR) is 73.2 cm³/mol. The Hall–Kier alpha value is -0.950. The van der Waals surface area contributed by atoms with Crippen molar-refractivity contribution in [3.63, 3.8) is 0 Å². The van der Waals surface area contributed by atoms with E-state index in [4.69, 9.17) is 5.11 Å². The Bertz CT molecular complexity index is 550. The van der Waals surface area contributed by atoms with Crippen molar-refractivity contribution in [2.45, 2.75) is 43.8 Å². The molecule has 19 heavy (non-hydrogen) atoms. The Morgan fingerprint density at radius 2 is 2.26 bits per heavy atom. The van der Waals surface area contributed by atoms with Crippen molar-refractivity contribution in [3.8, 4) is 0 Å². The predicted octanol–water partition coefficient (Wildman–Crippen LogP) is 1.67. The first-order chi connectivity index (χ1) is 8.97. The summed E-state index contributed by atoms with van der Waals surface area (Å²) >= 11 is 1.43. The molecule has 5 nitrogen and oxygen atoms in total. The molecule has 1 saturated heterocycles. The number of rotatable bonds is 5. The molecule has 2 heterocycles. The van der Waals surface area contributed by atoms with Gasteiger partial charge in [-0.05, 0) is 12.8 Å². The van der Waals surface area contributed by atoms with Crippen molar-refractivity contribution in [2.75, 3.05) is 5.75 Å². The zero-order chi connectivity index (χ0) is 13.9. The second kappa shape index (κ2) is 6.00. The molecule has 1 aromatic heterocycles. The minimum absolute atomic E-state index is 0.0604. The van der Waals surface area contributed by atoms with E-state index in [1.165, 1.54) is 11.3 Å². The number of aliphatic carboxylic acids is 1. The van der Waals surface area contributed by atoms with Crippen LogP contribution in [-0.4, -0.2) is 35.5 Å². The lowest BCUT2D eigenvalue weighted by Crippen LogP contribution is -2.30. The van der Waals surface area contributed by atoms with Gasteiger partial charge in [0, 0.05) is 18.2 Å². The van der Waals surface area contributed by atoms with Gasteiger partial charge in [0.05, 0.1) is 28.1 Å². The molecule has 0 aliphatic carbocycles. The number of sulfone groups is 1. The first-order valence-corrected chi connectivity index (χ1v) is 8.93. The molecule has 106 valence electrons. The summed E-state index contributed by atoms with van der Waals surface area (Å²) < 4.78 is 23.8. The fourth-order valence-corrected chi connectivity index (χ4v) is 5.13. The number of carboxylic acids is 1. The summed E-state index contributed by atoms with van der Waals surface area (Å²) in [6.45, 7) is 0. The third kappa shape index (κ3) is 4.01. The maximum absolute atomic E-state index is 11.9. The molecule has 1 atom stereocenters. The fraction of sp³-hybridized carbons (Fsp3) is 0.667. The smallest absolute Gasteiger partial charge is 0.303 e. The average molecular weight is 303 g/mol. The van der Waals surface area contributed by atoms with Gasteiger partial charge in [0.1, 0.15) is 0 Å². The summed E-state index contributed by atoms with van der Waals surface area (Å²) in [7, 11) is -2.97. The second-order valence-corrected chi connectivity index (χ2v) is 8.16. The molecule has 0 saturated carbocycles. The fourth-order valence-electron chi connectivity index (χ4n) is 2.24. The van der Waals surface area contributed by atoms with Crippen LogP contribution in [0.2, 0.25) is 0 Å². The molecule has 0 bridgehead atoms. The summed E-state index contributed by atoms with van der Waals surface area (Å²) in [5.74, 6) is -0.557. The lowest BCUT2D eigenvalue weighted by Gasteiger charge is -2.21. The van der Waals surface area contributed by atoms with Crippen LogP contribution in [0.4, 0.5) is 0 Å². The van der Waals surface area contributed by atoms with Gasteiger partial charge < -0.3 is 5.11 Å². The third-order valence-electron chi connectivity index (χ3n) is 3.31. The van der Waals surface area contributed by atoms with Gasteiger partial charge in [-0.2, -0.15) is 0 Å². The molecule has 7 heteroatoms. The van der Waals surface area contributed by atoms with Crippen LogP contribution in [0, 0.1) is 0 Å². The Kier molecular flexibility index (Phi) is 4.57. The minimum atomic E-state index is -2.97. The summed E-state index contributed by atoms with van der Waals surface area (Å²) in [5.41, 5.74) is 0.746. The van der Waals surface area contributed by atoms with Crippen molar-refractivity contribution < 1.29 is 18.3 Å². The Morgan fingerprint density at radius 1 is 1.47 bits per heavy atom. The van der Waals surface area contributed by atoms with Gasteiger partial charge in [0.2, 0.25) is 0 Å². The highest BCUT2D eigenvalue weighted by atomic mass is 32.2. The quantitative estimate of drug-likeness (QED) is 0.894. The molecular formula is C12H17NO4S2. The number of nitrogens with zero attached hydrogens (tertiary/aromatic N) is 1. The highest BCUT2D eigenvalue weighted by Gasteiger charge is 2.29. The van der Waals surface area contributed by atoms with E-state index in [9.17, 15) is 13.2 Å². The Balaban J connectivity index is 1.97. The van der Waals surface area contributed by atoms with Gasteiger partial charge in [-0.25, -0.2) is 13.4 Å². The molecule has 1 unspecified atom stereocenters. The van der Waals surface area contributed by atoms with Crippen molar-refractivity contribution in [3.05, 3.63) is 16.1 Å². The normalized spacial score (nSPS) is 22.2. The molecule has 0 spiro atoms. The summed E-state index contributed by atoms with van der Waals surface area (Å²) in [4.78, 5) is 14.8. The van der Waals surface area contributed by atoms with Crippen LogP contribution in [0.25, 0.3) is 0 Å². The number of aryl methyl sites for hydroxylation is 1. The van der Waals surface area contributed by atoms with Crippen LogP contribution in [0.5, 0.6) is 0 Å². The standard InChI is InChI=1S/C12H17NO4S2/c14-12(15)5-4-9-8-18-11(13-9)7-10-3-1-2-6-19(10,16)17/h8,10H,1-7H2,(H,14,15). The topological polar surface area (TPSA) is 84.3 Å². The number of aromatic nitrogens is 1. The molecule has 1 aromatic rings. The highest BCUT2D eigenvalue weighted by Crippen LogP contribution is 2.24. The molecule has 2 rings (SSSR count). The van der Waals surface area contributed by atoms with E-state index in [-0.39, 0.29) is 17.4 Å². The minimum Gasteiger partial charge on any atom is -0.481 e. The van der Waals surface area contributed by atoms with E-state index < -0.39 is 15.8 Å². The number of hydrogen-bond donors (Lipinski definition) is 1. The van der Waals surface area contributed by atoms with E-state index in [2.05, 4.69) is 4.98 Å². The van der Waals surface area contributed by atoms with Crippen LogP contribution < -0.4 is 0 Å². The SMILES string of the molecule is O=C(O)CCc1csc(CC2CCCCS2(=O)=O)n1. The summed E-state index contributed by atoms with van der Waals surface area (Å²) in [6, 6.07) is 0. The van der Waals surface area contributed by atoms with Crippen LogP contribution in [0.1, 0.15) is 36.4 Å².